The summed E-state index contributed by atoms with van der Waals surface area (Å²) in [4.78, 5) is 0.747. The van der Waals surface area contributed by atoms with Crippen LogP contribution in [0, 0.1) is 0 Å². The second-order valence-corrected chi connectivity index (χ2v) is 4.75. The van der Waals surface area contributed by atoms with Gasteiger partial charge in [-0.1, -0.05) is 15.9 Å². The normalized spacial score (nSPS) is 56.7. The average Bonchev–Trinajstić information content (AvgIpc) is 2.20. The van der Waals surface area contributed by atoms with Gasteiger partial charge in [0.2, 0.25) is 0 Å². The van der Waals surface area contributed by atoms with Crippen LogP contribution >= 0.6 is 15.9 Å². The van der Waals surface area contributed by atoms with Gasteiger partial charge in [0.15, 0.2) is 0 Å². The van der Waals surface area contributed by atoms with Crippen molar-refractivity contribution in [3.8, 4) is 0 Å². The maximum atomic E-state index is 3.67. The minimum Gasteiger partial charge on any atom is -0.308 e. The van der Waals surface area contributed by atoms with E-state index in [1.54, 1.807) is 0 Å². The molecule has 0 amide bonds. The number of hydrogen-bond acceptors (Lipinski definition) is 1. The summed E-state index contributed by atoms with van der Waals surface area (Å²) >= 11 is 3.67. The molecule has 1 N–H and O–H groups in total. The van der Waals surface area contributed by atoms with Gasteiger partial charge in [-0.2, -0.15) is 0 Å². The van der Waals surface area contributed by atoms with Crippen molar-refractivity contribution in [3.05, 3.63) is 0 Å². The van der Waals surface area contributed by atoms with Crippen molar-refractivity contribution in [2.75, 3.05) is 0 Å². The van der Waals surface area contributed by atoms with Crippen LogP contribution in [0.15, 0.2) is 0 Å². The predicted molar refractivity (Wildman–Crippen MR) is 41.9 cm³/mol. The molecule has 2 aliphatic rings. The zero-order chi connectivity index (χ0) is 6.48. The largest absolute Gasteiger partial charge is 0.308 e. The minimum atomic E-state index is 0.485. The van der Waals surface area contributed by atoms with Gasteiger partial charge < -0.3 is 5.32 Å². The highest BCUT2D eigenvalue weighted by Gasteiger charge is 2.45. The van der Waals surface area contributed by atoms with Crippen molar-refractivity contribution in [1.82, 2.24) is 5.32 Å². The fourth-order valence-corrected chi connectivity index (χ4v) is 3.18. The molecule has 2 heteroatoms. The molecule has 0 spiro atoms. The highest BCUT2D eigenvalue weighted by atomic mass is 79.9. The molecule has 9 heavy (non-hydrogen) atoms. The molecule has 0 aliphatic carbocycles. The topological polar surface area (TPSA) is 12.0 Å². The SMILES string of the molecule is C[C@]12CC[C@H](N1)[C@H](Br)C2. The van der Waals surface area contributed by atoms with Crippen molar-refractivity contribution >= 4 is 15.9 Å². The van der Waals surface area contributed by atoms with E-state index in [2.05, 4.69) is 28.2 Å². The Labute approximate surface area is 64.3 Å². The van der Waals surface area contributed by atoms with E-state index in [-0.39, 0.29) is 0 Å². The molecule has 2 saturated heterocycles. The van der Waals surface area contributed by atoms with Gasteiger partial charge in [-0.15, -0.1) is 0 Å². The Bertz CT molecular complexity index is 133. The lowest BCUT2D eigenvalue weighted by Gasteiger charge is -2.20. The number of nitrogens with one attached hydrogen (secondary N) is 1. The molecule has 2 fully saturated rings. The van der Waals surface area contributed by atoms with Crippen LogP contribution < -0.4 is 5.32 Å². The van der Waals surface area contributed by atoms with E-state index in [1.807, 2.05) is 0 Å². The summed E-state index contributed by atoms with van der Waals surface area (Å²) in [6.45, 7) is 2.33. The van der Waals surface area contributed by atoms with Crippen molar-refractivity contribution in [1.29, 1.82) is 0 Å². The third-order valence-electron chi connectivity index (χ3n) is 2.62. The predicted octanol–water partition coefficient (Wildman–Crippen LogP) is 1.66. The lowest BCUT2D eigenvalue weighted by Crippen LogP contribution is -2.31. The fraction of sp³-hybridized carbons (Fsp3) is 1.00. The zero-order valence-corrected chi connectivity index (χ0v) is 7.24. The molecule has 0 unspecified atom stereocenters. The molecule has 52 valence electrons. The lowest BCUT2D eigenvalue weighted by atomic mass is 9.90. The molecule has 0 aromatic rings. The van der Waals surface area contributed by atoms with Crippen LogP contribution in [0.1, 0.15) is 26.2 Å². The molecule has 0 aromatic heterocycles. The Morgan fingerprint density at radius 2 is 2.44 bits per heavy atom. The summed E-state index contributed by atoms with van der Waals surface area (Å²) in [5, 5.41) is 3.61. The van der Waals surface area contributed by atoms with Crippen molar-refractivity contribution in [2.45, 2.75) is 42.6 Å². The van der Waals surface area contributed by atoms with Crippen LogP contribution in [-0.4, -0.2) is 16.4 Å². The highest BCUT2D eigenvalue weighted by molar-refractivity contribution is 9.09. The Morgan fingerprint density at radius 3 is 2.67 bits per heavy atom. The van der Waals surface area contributed by atoms with E-state index in [1.165, 1.54) is 19.3 Å². The summed E-state index contributed by atoms with van der Waals surface area (Å²) in [6.07, 6.45) is 4.06. The molecule has 2 rings (SSSR count). The third kappa shape index (κ3) is 0.838. The second-order valence-electron chi connectivity index (χ2n) is 3.57. The second kappa shape index (κ2) is 1.73. The minimum absolute atomic E-state index is 0.485. The summed E-state index contributed by atoms with van der Waals surface area (Å²) in [5.41, 5.74) is 0.485. The number of halogens is 1. The van der Waals surface area contributed by atoms with E-state index in [9.17, 15) is 0 Å². The number of hydrogen-bond donors (Lipinski definition) is 1. The summed E-state index contributed by atoms with van der Waals surface area (Å²) in [7, 11) is 0. The first-order valence-electron chi connectivity index (χ1n) is 3.61. The molecular weight excluding hydrogens is 178 g/mol. The summed E-state index contributed by atoms with van der Waals surface area (Å²) in [6, 6.07) is 0.773. The maximum absolute atomic E-state index is 3.67. The van der Waals surface area contributed by atoms with Gasteiger partial charge in [-0.05, 0) is 26.2 Å². The van der Waals surface area contributed by atoms with Gasteiger partial charge in [0.05, 0.1) is 0 Å². The standard InChI is InChI=1S/C7H12BrN/c1-7-3-2-6(9-7)5(8)4-7/h5-6,9H,2-4H2,1H3/t5-,6+,7-/m1/s1. The van der Waals surface area contributed by atoms with E-state index >= 15 is 0 Å². The van der Waals surface area contributed by atoms with Gasteiger partial charge >= 0.3 is 0 Å². The molecule has 0 saturated carbocycles. The van der Waals surface area contributed by atoms with Crippen LogP contribution in [0.4, 0.5) is 0 Å². The number of fused-ring (bicyclic) bond motifs is 2. The number of alkyl halides is 1. The Balaban J connectivity index is 2.19. The summed E-state index contributed by atoms with van der Waals surface area (Å²) < 4.78 is 0. The van der Waals surface area contributed by atoms with Crippen molar-refractivity contribution in [3.63, 3.8) is 0 Å². The van der Waals surface area contributed by atoms with Gasteiger partial charge in [-0.25, -0.2) is 0 Å². The molecule has 2 heterocycles. The molecule has 0 aromatic carbocycles. The smallest absolute Gasteiger partial charge is 0.0316 e. The first kappa shape index (κ1) is 6.17. The van der Waals surface area contributed by atoms with Crippen LogP contribution in [0.5, 0.6) is 0 Å². The first-order chi connectivity index (χ1) is 4.20. The molecule has 1 nitrogen and oxygen atoms in total. The molecular formula is C7H12BrN. The van der Waals surface area contributed by atoms with Gasteiger partial charge in [0, 0.05) is 16.4 Å². The first-order valence-corrected chi connectivity index (χ1v) is 4.53. The number of rotatable bonds is 0. The van der Waals surface area contributed by atoms with E-state index in [0.717, 1.165) is 10.9 Å². The maximum Gasteiger partial charge on any atom is 0.0316 e. The van der Waals surface area contributed by atoms with E-state index < -0.39 is 0 Å². The van der Waals surface area contributed by atoms with E-state index in [0.29, 0.717) is 5.54 Å². The van der Waals surface area contributed by atoms with Crippen LogP contribution in [0.25, 0.3) is 0 Å². The molecule has 2 bridgehead atoms. The zero-order valence-electron chi connectivity index (χ0n) is 5.65. The molecule has 3 atom stereocenters. The lowest BCUT2D eigenvalue weighted by molar-refractivity contribution is 0.430. The highest BCUT2D eigenvalue weighted by Crippen LogP contribution is 2.40. The summed E-state index contributed by atoms with van der Waals surface area (Å²) in [5.74, 6) is 0. The average molecular weight is 190 g/mol. The monoisotopic (exact) mass is 189 g/mol. The molecule has 0 radical (unpaired) electrons. The Morgan fingerprint density at radius 1 is 1.67 bits per heavy atom. The molecule has 2 aliphatic heterocycles. The van der Waals surface area contributed by atoms with Gasteiger partial charge in [0.25, 0.3) is 0 Å². The fourth-order valence-electron chi connectivity index (χ4n) is 2.07. The quantitative estimate of drug-likeness (QED) is 0.573. The van der Waals surface area contributed by atoms with Gasteiger partial charge in [-0.3, -0.25) is 0 Å². The third-order valence-corrected chi connectivity index (χ3v) is 3.58. The van der Waals surface area contributed by atoms with Crippen molar-refractivity contribution in [2.24, 2.45) is 0 Å². The van der Waals surface area contributed by atoms with E-state index in [4.69, 9.17) is 0 Å². The van der Waals surface area contributed by atoms with Crippen molar-refractivity contribution < 1.29 is 0 Å². The van der Waals surface area contributed by atoms with Gasteiger partial charge in [0.1, 0.15) is 0 Å². The van der Waals surface area contributed by atoms with Crippen LogP contribution in [0.2, 0.25) is 0 Å². The Hall–Kier alpha value is 0.440. The Kier molecular flexibility index (Phi) is 1.18. The van der Waals surface area contributed by atoms with Crippen LogP contribution in [-0.2, 0) is 0 Å². The van der Waals surface area contributed by atoms with Crippen LogP contribution in [0.3, 0.4) is 0 Å².